The summed E-state index contributed by atoms with van der Waals surface area (Å²) in [5.41, 5.74) is 43.9. The maximum atomic E-state index is 13.9. The van der Waals surface area contributed by atoms with Crippen molar-refractivity contribution in [3.63, 3.8) is 0 Å². The molecular weight excluding hydrogens is 1710 g/mol. The van der Waals surface area contributed by atoms with Crippen LogP contribution in [0.15, 0.2) is 316 Å². The normalized spacial score (nSPS) is 12.0. The number of nitrogen functional groups attached to an aromatic ring is 3. The summed E-state index contributed by atoms with van der Waals surface area (Å²) in [6, 6.07) is 84.0. The number of nitrogens with zero attached hydrogens (tertiary/aromatic N) is 12. The van der Waals surface area contributed by atoms with Gasteiger partial charge in [0, 0.05) is 140 Å². The van der Waals surface area contributed by atoms with Gasteiger partial charge in [-0.05, 0) is 263 Å². The molecule has 20 aromatic rings. The number of aromatic nitrogens is 10. The van der Waals surface area contributed by atoms with Gasteiger partial charge < -0.3 is 36.5 Å². The fourth-order valence-corrected chi connectivity index (χ4v) is 17.1. The number of aryl methyl sites for hydroxylation is 3. The predicted octanol–water partition coefficient (Wildman–Crippen LogP) is 26.1. The highest BCUT2D eigenvalue weighted by molar-refractivity contribution is 7.16. The van der Waals surface area contributed by atoms with Crippen LogP contribution in [0.1, 0.15) is 16.7 Å². The van der Waals surface area contributed by atoms with E-state index in [9.17, 15) is 17.6 Å². The topological polar surface area (TPSA) is 232 Å². The van der Waals surface area contributed by atoms with E-state index in [1.807, 2.05) is 165 Å². The molecule has 6 N–H and O–H groups in total. The lowest BCUT2D eigenvalue weighted by Crippen LogP contribution is -2.29. The summed E-state index contributed by atoms with van der Waals surface area (Å²) in [7, 11) is 4.08. The largest absolute Gasteiger partial charge is 0.474 e. The molecule has 10 aromatic carbocycles. The molecular formula is C107H81Cl2F4N15O2S. The number of anilines is 5. The van der Waals surface area contributed by atoms with Crippen molar-refractivity contribution in [3.8, 4) is 124 Å². The minimum atomic E-state index is -0.451. The van der Waals surface area contributed by atoms with E-state index in [1.54, 1.807) is 106 Å². The Labute approximate surface area is 766 Å². The summed E-state index contributed by atoms with van der Waals surface area (Å²) >= 11 is 13.7. The third kappa shape index (κ3) is 18.5. The number of thiazole rings is 1. The van der Waals surface area contributed by atoms with Crippen LogP contribution in [0.2, 0.25) is 10.0 Å². The average molecular weight is 1790 g/mol. The van der Waals surface area contributed by atoms with Crippen molar-refractivity contribution in [2.24, 2.45) is 0 Å². The van der Waals surface area contributed by atoms with Crippen molar-refractivity contribution in [1.29, 1.82) is 0 Å². The molecule has 0 spiro atoms. The van der Waals surface area contributed by atoms with Crippen LogP contribution >= 0.6 is 34.5 Å². The van der Waals surface area contributed by atoms with E-state index < -0.39 is 5.82 Å². The molecule has 24 heteroatoms. The minimum absolute atomic E-state index is 0.0704. The molecule has 17 nitrogen and oxygen atoms in total. The Hall–Kier alpha value is -15.6. The quantitative estimate of drug-likeness (QED) is 0.108. The van der Waals surface area contributed by atoms with Gasteiger partial charge in [0.05, 0.1) is 67.8 Å². The van der Waals surface area contributed by atoms with E-state index in [4.69, 9.17) is 59.8 Å². The second-order valence-corrected chi connectivity index (χ2v) is 33.3. The van der Waals surface area contributed by atoms with Gasteiger partial charge in [-0.1, -0.05) is 108 Å². The number of fused-ring (bicyclic) bond motifs is 7. The average Bonchev–Trinajstić information content (AvgIpc) is 1.50. The predicted molar refractivity (Wildman–Crippen MR) is 525 cm³/mol. The van der Waals surface area contributed by atoms with Gasteiger partial charge in [0.1, 0.15) is 65.3 Å². The van der Waals surface area contributed by atoms with Crippen LogP contribution in [-0.2, 0) is 0 Å². The Kier molecular flexibility index (Phi) is 24.8. The number of hydrogen-bond acceptors (Lipinski definition) is 18. The first-order valence-electron chi connectivity index (χ1n) is 42.0. The lowest BCUT2D eigenvalue weighted by molar-refractivity contribution is 0.299. The van der Waals surface area contributed by atoms with Crippen molar-refractivity contribution in [2.75, 3.05) is 67.4 Å². The van der Waals surface area contributed by atoms with Crippen LogP contribution in [-0.4, -0.2) is 90.2 Å². The number of pyridine rings is 9. The van der Waals surface area contributed by atoms with Crippen LogP contribution in [0.5, 0.6) is 11.8 Å². The van der Waals surface area contributed by atoms with Crippen LogP contribution in [0.25, 0.3) is 165 Å². The van der Waals surface area contributed by atoms with Crippen molar-refractivity contribution < 1.29 is 27.0 Å². The molecule has 0 atom stereocenters. The Morgan fingerprint density at radius 1 is 0.321 bits per heavy atom. The van der Waals surface area contributed by atoms with Crippen LogP contribution < -0.4 is 36.5 Å². The zero-order valence-corrected chi connectivity index (χ0v) is 73.8. The molecule has 22 rings (SSSR count). The van der Waals surface area contributed by atoms with E-state index >= 15 is 0 Å². The maximum absolute atomic E-state index is 13.9. The van der Waals surface area contributed by atoms with Gasteiger partial charge in [-0.2, -0.15) is 0 Å². The standard InChI is InChI=1S/C24H20FN3O.C22H18FN3OS.C21H16FN3.C20H13ClFN3.C20H14ClN3/c1-15-12-18(5-7-20(15)25)23-19(14-22-24(27-23)29-11-10-28(22)2)16-6-8-21-17(13-16)4-3-9-26-21;1-13-9-15(3-5-17(13)23)21-16(11-19-22(25-21)27-8-7-26(19)2)14-4-6-18-20(10-14)28-12-24-18;1-13-11-16(6-7-19(13)22)20-17(3-2-9-24-20)15-5-4-14-8-10-25-21(23)18(14)12-15;21-17-11-14(5-6-18(17)22)19-15(2-1-8-24-19)13-4-3-12-7-9-25-20(23)16(12)10-13;21-16-4-1-3-15(11-16)19-17(5-2-9-23-19)14-7-6-13-8-10-24-20(22)18(13)12-14/h3-9,12-14H,10-11H2,1-2H3;3-6,9-12H,7-8H2,1-2H3;2-12H,1H3,(H2,23,25);1-11H,(H2,23,25);1-12H,(H2,22,24). The molecule has 0 saturated carbocycles. The maximum Gasteiger partial charge on any atom is 0.238 e. The molecule has 0 fully saturated rings. The van der Waals surface area contributed by atoms with E-state index in [2.05, 4.69) is 116 Å². The molecule has 0 saturated heterocycles. The van der Waals surface area contributed by atoms with Gasteiger partial charge in [-0.15, -0.1) is 11.3 Å². The number of nitrogens with two attached hydrogens (primary N) is 3. The molecule has 10 aromatic heterocycles. The fourth-order valence-electron chi connectivity index (χ4n) is 16.0. The molecule has 0 bridgehead atoms. The summed E-state index contributed by atoms with van der Waals surface area (Å²) in [6.45, 7) is 8.11. The van der Waals surface area contributed by atoms with Crippen molar-refractivity contribution in [3.05, 3.63) is 366 Å². The molecule has 12 heterocycles. The summed E-state index contributed by atoms with van der Waals surface area (Å²) in [5, 5.41) is 7.68. The summed E-state index contributed by atoms with van der Waals surface area (Å²) in [6.07, 6.45) is 12.1. The highest BCUT2D eigenvalue weighted by Gasteiger charge is 2.26. The highest BCUT2D eigenvalue weighted by Crippen LogP contribution is 2.45. The number of rotatable bonds is 10. The number of benzene rings is 10. The van der Waals surface area contributed by atoms with Gasteiger partial charge in [0.2, 0.25) is 11.8 Å². The monoisotopic (exact) mass is 1790 g/mol. The summed E-state index contributed by atoms with van der Waals surface area (Å²) < 4.78 is 67.6. The fraction of sp³-hybridized carbons (Fsp3) is 0.0841. The van der Waals surface area contributed by atoms with Gasteiger partial charge >= 0.3 is 0 Å². The second-order valence-electron chi connectivity index (χ2n) is 31.5. The van der Waals surface area contributed by atoms with Crippen molar-refractivity contribution in [2.45, 2.75) is 20.8 Å². The number of likely N-dealkylation sites (N-methyl/N-ethyl adjacent to an activating group) is 2. The lowest BCUT2D eigenvalue weighted by Gasteiger charge is -2.28. The van der Waals surface area contributed by atoms with E-state index in [-0.39, 0.29) is 22.5 Å². The lowest BCUT2D eigenvalue weighted by atomic mass is 9.96. The highest BCUT2D eigenvalue weighted by atomic mass is 35.5. The molecule has 0 unspecified atom stereocenters. The Morgan fingerprint density at radius 3 is 1.16 bits per heavy atom. The number of hydrogen-bond donors (Lipinski definition) is 3. The van der Waals surface area contributed by atoms with Gasteiger partial charge in [0.15, 0.2) is 0 Å². The van der Waals surface area contributed by atoms with Crippen molar-refractivity contribution >= 4 is 117 Å². The third-order valence-corrected chi connectivity index (χ3v) is 24.3. The van der Waals surface area contributed by atoms with E-state index in [0.717, 1.165) is 190 Å². The van der Waals surface area contributed by atoms with E-state index in [0.29, 0.717) is 64.1 Å². The zero-order chi connectivity index (χ0) is 90.5. The second kappa shape index (κ2) is 37.7. The molecule has 131 heavy (non-hydrogen) atoms. The first kappa shape index (κ1) is 86.1. The van der Waals surface area contributed by atoms with Crippen LogP contribution in [0.3, 0.4) is 0 Å². The number of halogens is 6. The summed E-state index contributed by atoms with van der Waals surface area (Å²) in [5.74, 6) is 1.64. The van der Waals surface area contributed by atoms with Gasteiger partial charge in [-0.25, -0.2) is 47.5 Å². The summed E-state index contributed by atoms with van der Waals surface area (Å²) in [4.78, 5) is 48.9. The smallest absolute Gasteiger partial charge is 0.238 e. The van der Waals surface area contributed by atoms with Crippen molar-refractivity contribution in [1.82, 2.24) is 49.8 Å². The SMILES string of the molecule is Cc1cc(-c2nc3c(cc2-c2ccc4ncccc4c2)N(C)CCO3)ccc1F.Cc1cc(-c2nc3c(cc2-c2ccc4ncsc4c2)N(C)CCO3)ccc1F.Cc1cc(-c2ncccc2-c2ccc3ccnc(N)c3c2)ccc1F.Nc1nccc2ccc(-c3cccnc3-c3ccc(F)c(Cl)c3)cc12.Nc1nccc2ccc(-c3cccnc3-c3cccc(Cl)c3)cc12. The minimum Gasteiger partial charge on any atom is -0.474 e. The molecule has 0 radical (unpaired) electrons. The first-order valence-corrected chi connectivity index (χ1v) is 43.6. The van der Waals surface area contributed by atoms with E-state index in [1.165, 1.54) is 24.3 Å². The molecule has 0 aliphatic carbocycles. The number of ether oxygens (including phenoxy) is 2. The third-order valence-electron chi connectivity index (χ3n) is 23.0. The van der Waals surface area contributed by atoms with Gasteiger partial charge in [-0.3, -0.25) is 19.9 Å². The Bertz CT molecular complexity index is 7600. The molecule has 0 amide bonds. The van der Waals surface area contributed by atoms with Crippen LogP contribution in [0.4, 0.5) is 46.4 Å². The zero-order valence-electron chi connectivity index (χ0n) is 71.4. The van der Waals surface area contributed by atoms with Crippen LogP contribution in [0, 0.1) is 44.0 Å². The molecule has 2 aliphatic heterocycles. The Morgan fingerprint density at radius 2 is 0.710 bits per heavy atom. The molecule has 644 valence electrons. The van der Waals surface area contributed by atoms with Gasteiger partial charge in [0.25, 0.3) is 0 Å². The molecule has 2 aliphatic rings. The first-order chi connectivity index (χ1) is 63.7. The Balaban J connectivity index is 0.000000110.